The van der Waals surface area contributed by atoms with Gasteiger partial charge in [-0.1, -0.05) is 18.2 Å². The normalized spacial score (nSPS) is 17.8. The van der Waals surface area contributed by atoms with Gasteiger partial charge >= 0.3 is 0 Å². The predicted octanol–water partition coefficient (Wildman–Crippen LogP) is 4.52. The minimum Gasteiger partial charge on any atom is -0.344 e. The molecule has 0 N–H and O–H groups in total. The zero-order valence-electron chi connectivity index (χ0n) is 14.0. The third kappa shape index (κ3) is 3.42. The van der Waals surface area contributed by atoms with Crippen LogP contribution < -0.4 is 0 Å². The van der Waals surface area contributed by atoms with Gasteiger partial charge in [-0.15, -0.1) is 0 Å². The molecule has 5 heteroatoms. The average molecular weight is 341 g/mol. The summed E-state index contributed by atoms with van der Waals surface area (Å²) in [5.74, 6) is -0.573. The van der Waals surface area contributed by atoms with Crippen LogP contribution in [0.3, 0.4) is 0 Å². The lowest BCUT2D eigenvalue weighted by Crippen LogP contribution is -2.36. The molecule has 1 saturated heterocycles. The second-order valence-corrected chi connectivity index (χ2v) is 6.70. The number of para-hydroxylation sites is 1. The van der Waals surface area contributed by atoms with Crippen LogP contribution in [0.4, 0.5) is 8.78 Å². The fraction of sp³-hybridized carbons (Fsp3) is 0.350. The van der Waals surface area contributed by atoms with Crippen molar-refractivity contribution in [3.8, 4) is 0 Å². The summed E-state index contributed by atoms with van der Waals surface area (Å²) in [6.45, 7) is 2.07. The zero-order valence-corrected chi connectivity index (χ0v) is 14.0. The number of nitrogens with zero attached hydrogens (tertiary/aromatic N) is 3. The molecule has 130 valence electrons. The van der Waals surface area contributed by atoms with Crippen LogP contribution in [0, 0.1) is 5.95 Å². The number of aromatic nitrogens is 2. The van der Waals surface area contributed by atoms with E-state index in [4.69, 9.17) is 0 Å². The lowest BCUT2D eigenvalue weighted by atomic mass is 10.0. The summed E-state index contributed by atoms with van der Waals surface area (Å²) in [6.07, 6.45) is 4.34. The summed E-state index contributed by atoms with van der Waals surface area (Å²) in [6, 6.07) is 13.7. The van der Waals surface area contributed by atoms with Crippen LogP contribution in [0.1, 0.15) is 30.6 Å². The molecule has 2 aromatic heterocycles. The van der Waals surface area contributed by atoms with Crippen LogP contribution in [0.25, 0.3) is 10.9 Å². The first-order valence-corrected chi connectivity index (χ1v) is 8.74. The number of piperidine rings is 1. The Kier molecular flexibility index (Phi) is 4.49. The lowest BCUT2D eigenvalue weighted by molar-refractivity contribution is 0.144. The van der Waals surface area contributed by atoms with E-state index in [9.17, 15) is 8.78 Å². The highest BCUT2D eigenvalue weighted by Gasteiger charge is 2.24. The molecule has 25 heavy (non-hydrogen) atoms. The number of fused-ring (bicyclic) bond motifs is 1. The molecule has 1 aromatic carbocycles. The Balaban J connectivity index is 1.37. The molecule has 1 unspecified atom stereocenters. The van der Waals surface area contributed by atoms with E-state index in [0.717, 1.165) is 25.9 Å². The number of likely N-dealkylation sites (tertiary alicyclic amines) is 1. The Bertz CT molecular complexity index is 836. The molecule has 1 aliphatic heterocycles. The van der Waals surface area contributed by atoms with E-state index in [1.54, 1.807) is 0 Å². The van der Waals surface area contributed by atoms with Crippen molar-refractivity contribution in [2.24, 2.45) is 0 Å². The fourth-order valence-corrected chi connectivity index (χ4v) is 3.71. The quantitative estimate of drug-likeness (QED) is 0.651. The van der Waals surface area contributed by atoms with Gasteiger partial charge in [-0.3, -0.25) is 4.90 Å². The maximum atomic E-state index is 14.4. The molecule has 0 amide bonds. The van der Waals surface area contributed by atoms with Gasteiger partial charge in [0.05, 0.1) is 0 Å². The first-order chi connectivity index (χ1) is 12.2. The van der Waals surface area contributed by atoms with Crippen LogP contribution >= 0.6 is 0 Å². The maximum Gasteiger partial charge on any atom is 0.212 e. The number of pyridine rings is 1. The van der Waals surface area contributed by atoms with Gasteiger partial charge in [-0.25, -0.2) is 9.37 Å². The van der Waals surface area contributed by atoms with Gasteiger partial charge in [0.25, 0.3) is 0 Å². The van der Waals surface area contributed by atoms with Gasteiger partial charge in [0.15, 0.2) is 0 Å². The SMILES string of the molecule is Fc1ccc(C(F)CN2CCC(n3ccc4ccccc43)CC2)cn1. The lowest BCUT2D eigenvalue weighted by Gasteiger charge is -2.33. The molecule has 0 radical (unpaired) electrons. The maximum absolute atomic E-state index is 14.4. The second kappa shape index (κ2) is 6.92. The monoisotopic (exact) mass is 341 g/mol. The Morgan fingerprint density at radius 3 is 2.64 bits per heavy atom. The molecule has 0 bridgehead atoms. The van der Waals surface area contributed by atoms with E-state index < -0.39 is 12.1 Å². The molecule has 3 aromatic rings. The minimum absolute atomic E-state index is 0.340. The minimum atomic E-state index is -1.13. The summed E-state index contributed by atoms with van der Waals surface area (Å²) >= 11 is 0. The van der Waals surface area contributed by atoms with Crippen molar-refractivity contribution >= 4 is 10.9 Å². The Morgan fingerprint density at radius 1 is 1.08 bits per heavy atom. The van der Waals surface area contributed by atoms with Gasteiger partial charge in [0.2, 0.25) is 5.95 Å². The Morgan fingerprint density at radius 2 is 1.88 bits per heavy atom. The highest BCUT2D eigenvalue weighted by Crippen LogP contribution is 2.29. The van der Waals surface area contributed by atoms with Crippen molar-refractivity contribution in [3.05, 3.63) is 66.4 Å². The topological polar surface area (TPSA) is 21.1 Å². The standard InChI is InChI=1S/C20H21F2N3/c21-18(16-5-6-20(22)23-13-16)14-24-10-8-17(9-11-24)25-12-7-15-3-1-2-4-19(15)25/h1-7,12-13,17-18H,8-11,14H2. The number of rotatable bonds is 4. The van der Waals surface area contributed by atoms with Crippen LogP contribution in [0.15, 0.2) is 54.9 Å². The molecule has 1 fully saturated rings. The summed E-state index contributed by atoms with van der Waals surface area (Å²) in [5, 5.41) is 1.26. The van der Waals surface area contributed by atoms with Gasteiger partial charge in [0, 0.05) is 49.1 Å². The summed E-state index contributed by atoms with van der Waals surface area (Å²) in [4.78, 5) is 5.69. The molecule has 3 nitrogen and oxygen atoms in total. The van der Waals surface area contributed by atoms with E-state index in [1.165, 1.54) is 29.2 Å². The molecule has 0 spiro atoms. The molecule has 1 aliphatic rings. The van der Waals surface area contributed by atoms with Crippen LogP contribution in [0.2, 0.25) is 0 Å². The zero-order chi connectivity index (χ0) is 17.2. The number of hydrogen-bond acceptors (Lipinski definition) is 2. The third-order valence-corrected chi connectivity index (χ3v) is 5.11. The van der Waals surface area contributed by atoms with E-state index in [2.05, 4.69) is 51.0 Å². The van der Waals surface area contributed by atoms with Crippen molar-refractivity contribution in [2.45, 2.75) is 25.1 Å². The van der Waals surface area contributed by atoms with Crippen molar-refractivity contribution < 1.29 is 8.78 Å². The average Bonchev–Trinajstić information content (AvgIpc) is 3.07. The highest BCUT2D eigenvalue weighted by atomic mass is 19.1. The number of halogens is 2. The summed E-state index contributed by atoms with van der Waals surface area (Å²) < 4.78 is 29.6. The van der Waals surface area contributed by atoms with Gasteiger partial charge < -0.3 is 4.57 Å². The van der Waals surface area contributed by atoms with Gasteiger partial charge in [0.1, 0.15) is 6.17 Å². The van der Waals surface area contributed by atoms with E-state index in [-0.39, 0.29) is 0 Å². The van der Waals surface area contributed by atoms with Gasteiger partial charge in [-0.2, -0.15) is 4.39 Å². The van der Waals surface area contributed by atoms with E-state index in [1.807, 2.05) is 0 Å². The fourth-order valence-electron chi connectivity index (χ4n) is 3.71. The summed E-state index contributed by atoms with van der Waals surface area (Å²) in [7, 11) is 0. The molecule has 0 saturated carbocycles. The Labute approximate surface area is 145 Å². The van der Waals surface area contributed by atoms with Crippen molar-refractivity contribution in [2.75, 3.05) is 19.6 Å². The molecule has 3 heterocycles. The molecule has 0 aliphatic carbocycles. The Hall–Kier alpha value is -2.27. The number of hydrogen-bond donors (Lipinski definition) is 0. The third-order valence-electron chi connectivity index (χ3n) is 5.11. The second-order valence-electron chi connectivity index (χ2n) is 6.70. The van der Waals surface area contributed by atoms with Crippen molar-refractivity contribution in [1.82, 2.24) is 14.5 Å². The molecular weight excluding hydrogens is 320 g/mol. The van der Waals surface area contributed by atoms with E-state index >= 15 is 0 Å². The molecule has 1 atom stereocenters. The van der Waals surface area contributed by atoms with E-state index in [0.29, 0.717) is 18.2 Å². The first-order valence-electron chi connectivity index (χ1n) is 8.74. The molecular formula is C20H21F2N3. The first kappa shape index (κ1) is 16.2. The van der Waals surface area contributed by atoms with Crippen LogP contribution in [-0.2, 0) is 0 Å². The predicted molar refractivity (Wildman–Crippen MR) is 94.7 cm³/mol. The number of alkyl halides is 1. The molecule has 4 rings (SSSR count). The van der Waals surface area contributed by atoms with Crippen LogP contribution in [-0.4, -0.2) is 34.1 Å². The smallest absolute Gasteiger partial charge is 0.212 e. The van der Waals surface area contributed by atoms with Crippen molar-refractivity contribution in [3.63, 3.8) is 0 Å². The van der Waals surface area contributed by atoms with Crippen LogP contribution in [0.5, 0.6) is 0 Å². The number of benzene rings is 1. The van der Waals surface area contributed by atoms with Crippen molar-refractivity contribution in [1.29, 1.82) is 0 Å². The largest absolute Gasteiger partial charge is 0.344 e. The van der Waals surface area contributed by atoms with Gasteiger partial charge in [-0.05, 0) is 42.5 Å². The highest BCUT2D eigenvalue weighted by molar-refractivity contribution is 5.80. The summed E-state index contributed by atoms with van der Waals surface area (Å²) in [5.41, 5.74) is 1.71.